The predicted molar refractivity (Wildman–Crippen MR) is 107 cm³/mol. The third-order valence-electron chi connectivity index (χ3n) is 3.30. The molecule has 0 fully saturated rings. The average Bonchev–Trinajstić information content (AvgIpc) is 2.66. The van der Waals surface area contributed by atoms with Crippen LogP contribution in [-0.2, 0) is 4.79 Å². The summed E-state index contributed by atoms with van der Waals surface area (Å²) < 4.78 is 16.2. The lowest BCUT2D eigenvalue weighted by Gasteiger charge is -2.08. The van der Waals surface area contributed by atoms with Crippen LogP contribution < -0.4 is 19.6 Å². The summed E-state index contributed by atoms with van der Waals surface area (Å²) in [6.45, 7) is -0.234. The first-order valence-electron chi connectivity index (χ1n) is 7.55. The number of rotatable bonds is 8. The number of methoxy groups -OCH3 is 2. The molecule has 0 aliphatic carbocycles. The van der Waals surface area contributed by atoms with E-state index in [-0.39, 0.29) is 18.0 Å². The highest BCUT2D eigenvalue weighted by Gasteiger charge is 2.14. The molecule has 10 heteroatoms. The molecule has 1 amide bonds. The van der Waals surface area contributed by atoms with Crippen LogP contribution in [0.25, 0.3) is 0 Å². The van der Waals surface area contributed by atoms with Crippen molar-refractivity contribution in [1.82, 2.24) is 5.43 Å². The molecule has 2 aromatic rings. The highest BCUT2D eigenvalue weighted by Crippen LogP contribution is 2.27. The number of ether oxygens (including phenoxy) is 3. The third-order valence-corrected chi connectivity index (χ3v) is 4.14. The van der Waals surface area contributed by atoms with Crippen molar-refractivity contribution in [3.05, 3.63) is 55.6 Å². The Hall–Kier alpha value is -2.89. The Morgan fingerprint density at radius 3 is 2.59 bits per heavy atom. The number of amides is 1. The van der Waals surface area contributed by atoms with E-state index in [4.69, 9.17) is 14.2 Å². The van der Waals surface area contributed by atoms with Gasteiger partial charge in [0.25, 0.3) is 5.91 Å². The molecule has 9 nitrogen and oxygen atoms in total. The van der Waals surface area contributed by atoms with Gasteiger partial charge in [-0.05, 0) is 52.9 Å². The molecule has 27 heavy (non-hydrogen) atoms. The SMILES string of the molecule is COc1ccc(OCC(=O)N/N=C\c2ccc(OC)c([N+](=O)[O-])c2)c(I)c1. The molecule has 1 N–H and O–H groups in total. The summed E-state index contributed by atoms with van der Waals surface area (Å²) >= 11 is 2.07. The Bertz CT molecular complexity index is 872. The quantitative estimate of drug-likeness (QED) is 0.267. The van der Waals surface area contributed by atoms with Gasteiger partial charge in [0.05, 0.1) is 28.9 Å². The van der Waals surface area contributed by atoms with Crippen LogP contribution in [0.1, 0.15) is 5.56 Å². The van der Waals surface area contributed by atoms with Crippen molar-refractivity contribution in [2.45, 2.75) is 0 Å². The van der Waals surface area contributed by atoms with Gasteiger partial charge in [-0.3, -0.25) is 14.9 Å². The second-order valence-electron chi connectivity index (χ2n) is 5.07. The predicted octanol–water partition coefficient (Wildman–Crippen LogP) is 2.75. The number of hydrogen-bond acceptors (Lipinski definition) is 7. The van der Waals surface area contributed by atoms with Crippen molar-refractivity contribution in [1.29, 1.82) is 0 Å². The number of benzene rings is 2. The topological polar surface area (TPSA) is 112 Å². The monoisotopic (exact) mass is 485 g/mol. The van der Waals surface area contributed by atoms with Crippen LogP contribution in [0, 0.1) is 13.7 Å². The summed E-state index contributed by atoms with van der Waals surface area (Å²) in [5, 5.41) is 14.8. The first kappa shape index (κ1) is 20.4. The summed E-state index contributed by atoms with van der Waals surface area (Å²) in [5.41, 5.74) is 2.55. The van der Waals surface area contributed by atoms with Crippen LogP contribution in [0.4, 0.5) is 5.69 Å². The molecule has 2 aromatic carbocycles. The largest absolute Gasteiger partial charge is 0.497 e. The second-order valence-corrected chi connectivity index (χ2v) is 6.23. The number of carbonyl (C=O) groups excluding carboxylic acids is 1. The van der Waals surface area contributed by atoms with Gasteiger partial charge in [0.1, 0.15) is 11.5 Å². The lowest BCUT2D eigenvalue weighted by Crippen LogP contribution is -2.24. The van der Waals surface area contributed by atoms with E-state index in [1.54, 1.807) is 31.4 Å². The van der Waals surface area contributed by atoms with Crippen LogP contribution in [-0.4, -0.2) is 37.9 Å². The van der Waals surface area contributed by atoms with Gasteiger partial charge in [0.15, 0.2) is 12.4 Å². The molecule has 0 spiro atoms. The number of nitro benzene ring substituents is 1. The molecule has 0 bridgehead atoms. The normalized spacial score (nSPS) is 10.5. The molecule has 0 saturated heterocycles. The fraction of sp³-hybridized carbons (Fsp3) is 0.176. The fourth-order valence-corrected chi connectivity index (χ4v) is 2.65. The highest BCUT2D eigenvalue weighted by molar-refractivity contribution is 14.1. The number of nitro groups is 1. The smallest absolute Gasteiger partial charge is 0.311 e. The number of carbonyl (C=O) groups is 1. The van der Waals surface area contributed by atoms with E-state index in [0.29, 0.717) is 17.1 Å². The molecule has 0 unspecified atom stereocenters. The molecule has 0 aromatic heterocycles. The lowest BCUT2D eigenvalue weighted by atomic mass is 10.2. The van der Waals surface area contributed by atoms with E-state index in [9.17, 15) is 14.9 Å². The van der Waals surface area contributed by atoms with Crippen molar-refractivity contribution in [3.63, 3.8) is 0 Å². The van der Waals surface area contributed by atoms with Gasteiger partial charge in [-0.25, -0.2) is 5.43 Å². The zero-order valence-electron chi connectivity index (χ0n) is 14.5. The minimum atomic E-state index is -0.556. The van der Waals surface area contributed by atoms with Crippen LogP contribution in [0.3, 0.4) is 0 Å². The molecule has 142 valence electrons. The van der Waals surface area contributed by atoms with E-state index in [2.05, 4.69) is 33.1 Å². The summed E-state index contributed by atoms with van der Waals surface area (Å²) in [5.74, 6) is 0.903. The standard InChI is InChI=1S/C17H16IN3O6/c1-25-12-4-6-15(13(18)8-12)27-10-17(22)20-19-9-11-3-5-16(26-2)14(7-11)21(23)24/h3-9H,10H2,1-2H3,(H,20,22)/b19-9-. The molecular formula is C17H16IN3O6. The van der Waals surface area contributed by atoms with Gasteiger partial charge in [0, 0.05) is 11.6 Å². The third kappa shape index (κ3) is 5.81. The van der Waals surface area contributed by atoms with Crippen LogP contribution in [0.15, 0.2) is 41.5 Å². The number of nitrogens with one attached hydrogen (secondary N) is 1. The van der Waals surface area contributed by atoms with Crippen LogP contribution in [0.2, 0.25) is 0 Å². The van der Waals surface area contributed by atoms with Gasteiger partial charge in [-0.15, -0.1) is 0 Å². The summed E-state index contributed by atoms with van der Waals surface area (Å²) in [4.78, 5) is 22.2. The maximum Gasteiger partial charge on any atom is 0.311 e. The maximum absolute atomic E-state index is 11.8. The molecule has 0 atom stereocenters. The fourth-order valence-electron chi connectivity index (χ4n) is 2.01. The molecule has 0 aliphatic rings. The average molecular weight is 485 g/mol. The van der Waals surface area contributed by atoms with Crippen molar-refractivity contribution >= 4 is 40.4 Å². The van der Waals surface area contributed by atoms with Gasteiger partial charge < -0.3 is 14.2 Å². The van der Waals surface area contributed by atoms with Crippen molar-refractivity contribution < 1.29 is 23.9 Å². The van der Waals surface area contributed by atoms with Gasteiger partial charge in [-0.2, -0.15) is 5.10 Å². The van der Waals surface area contributed by atoms with Crippen molar-refractivity contribution in [2.24, 2.45) is 5.10 Å². The van der Waals surface area contributed by atoms with Crippen molar-refractivity contribution in [3.8, 4) is 17.2 Å². The highest BCUT2D eigenvalue weighted by atomic mass is 127. The summed E-state index contributed by atoms with van der Waals surface area (Å²) in [6, 6.07) is 9.54. The van der Waals surface area contributed by atoms with E-state index in [1.807, 2.05) is 0 Å². The Morgan fingerprint density at radius 1 is 1.22 bits per heavy atom. The lowest BCUT2D eigenvalue weighted by molar-refractivity contribution is -0.385. The van der Waals surface area contributed by atoms with Gasteiger partial charge in [0.2, 0.25) is 0 Å². The van der Waals surface area contributed by atoms with E-state index in [1.165, 1.54) is 25.5 Å². The Labute approximate surface area is 168 Å². The number of hydrazone groups is 1. The van der Waals surface area contributed by atoms with E-state index in [0.717, 1.165) is 3.57 Å². The Balaban J connectivity index is 1.92. The molecule has 2 rings (SSSR count). The summed E-state index contributed by atoms with van der Waals surface area (Å²) in [6.07, 6.45) is 1.29. The molecule has 0 aliphatic heterocycles. The number of hydrogen-bond donors (Lipinski definition) is 1. The zero-order valence-corrected chi connectivity index (χ0v) is 16.6. The summed E-state index contributed by atoms with van der Waals surface area (Å²) in [7, 11) is 2.91. The van der Waals surface area contributed by atoms with Gasteiger partial charge >= 0.3 is 5.69 Å². The molecule has 0 heterocycles. The van der Waals surface area contributed by atoms with Crippen LogP contribution in [0.5, 0.6) is 17.2 Å². The van der Waals surface area contributed by atoms with Crippen molar-refractivity contribution in [2.75, 3.05) is 20.8 Å². The molecule has 0 saturated carbocycles. The van der Waals surface area contributed by atoms with Crippen LogP contribution >= 0.6 is 22.6 Å². The minimum Gasteiger partial charge on any atom is -0.497 e. The first-order chi connectivity index (χ1) is 12.9. The number of halogens is 1. The molecule has 0 radical (unpaired) electrons. The molecular weight excluding hydrogens is 469 g/mol. The second kappa shape index (κ2) is 9.71. The first-order valence-corrected chi connectivity index (χ1v) is 8.63. The Morgan fingerprint density at radius 2 is 1.96 bits per heavy atom. The van der Waals surface area contributed by atoms with E-state index < -0.39 is 10.8 Å². The maximum atomic E-state index is 11.8. The Kier molecular flexibility index (Phi) is 7.34. The number of nitrogens with zero attached hydrogens (tertiary/aromatic N) is 2. The zero-order chi connectivity index (χ0) is 19.8. The van der Waals surface area contributed by atoms with Gasteiger partial charge in [-0.1, -0.05) is 0 Å². The minimum absolute atomic E-state index is 0.142. The van der Waals surface area contributed by atoms with E-state index >= 15 is 0 Å².